The number of likely N-dealkylation sites (tertiary alicyclic amines) is 1. The standard InChI is InChI=1S/C14H20ClN3O3S/c1-16-14(19)10-18-8-6-11(7-9-18)17-22(20,21)13-5-3-2-4-12(13)15/h2-5,11,17H,6-10H2,1H3,(H,16,19). The number of rotatable bonds is 5. The van der Waals surface area contributed by atoms with Crippen LogP contribution in [0, 0.1) is 0 Å². The number of sulfonamides is 1. The van der Waals surface area contributed by atoms with E-state index in [-0.39, 0.29) is 21.9 Å². The van der Waals surface area contributed by atoms with Crippen LogP contribution in [-0.2, 0) is 14.8 Å². The fourth-order valence-corrected chi connectivity index (χ4v) is 4.26. The van der Waals surface area contributed by atoms with Crippen LogP contribution in [0.2, 0.25) is 5.02 Å². The molecule has 0 saturated carbocycles. The van der Waals surface area contributed by atoms with E-state index in [2.05, 4.69) is 10.0 Å². The average molecular weight is 346 g/mol. The van der Waals surface area contributed by atoms with Gasteiger partial charge in [0.25, 0.3) is 0 Å². The van der Waals surface area contributed by atoms with Crippen molar-refractivity contribution in [2.45, 2.75) is 23.8 Å². The van der Waals surface area contributed by atoms with Gasteiger partial charge in [-0.15, -0.1) is 0 Å². The van der Waals surface area contributed by atoms with Crippen molar-refractivity contribution < 1.29 is 13.2 Å². The van der Waals surface area contributed by atoms with Crippen molar-refractivity contribution in [3.8, 4) is 0 Å². The van der Waals surface area contributed by atoms with Gasteiger partial charge in [-0.1, -0.05) is 23.7 Å². The highest BCUT2D eigenvalue weighted by Gasteiger charge is 2.26. The van der Waals surface area contributed by atoms with Gasteiger partial charge in [-0.2, -0.15) is 0 Å². The molecule has 0 spiro atoms. The predicted molar refractivity (Wildman–Crippen MR) is 85.3 cm³/mol. The number of halogens is 1. The summed E-state index contributed by atoms with van der Waals surface area (Å²) in [6, 6.07) is 6.25. The molecule has 0 atom stereocenters. The Kier molecular flexibility index (Phi) is 5.80. The first kappa shape index (κ1) is 17.2. The summed E-state index contributed by atoms with van der Waals surface area (Å²) in [4.78, 5) is 13.4. The fraction of sp³-hybridized carbons (Fsp3) is 0.500. The second kappa shape index (κ2) is 7.41. The van der Waals surface area contributed by atoms with Gasteiger partial charge >= 0.3 is 0 Å². The first-order valence-electron chi connectivity index (χ1n) is 7.12. The van der Waals surface area contributed by atoms with Crippen LogP contribution in [-0.4, -0.2) is 51.9 Å². The number of benzene rings is 1. The van der Waals surface area contributed by atoms with E-state index >= 15 is 0 Å². The number of hydrogen-bond acceptors (Lipinski definition) is 4. The normalized spacial score (nSPS) is 17.4. The van der Waals surface area contributed by atoms with Gasteiger partial charge in [0.2, 0.25) is 15.9 Å². The van der Waals surface area contributed by atoms with Crippen molar-refractivity contribution in [1.82, 2.24) is 14.9 Å². The molecular weight excluding hydrogens is 326 g/mol. The van der Waals surface area contributed by atoms with E-state index in [1.165, 1.54) is 6.07 Å². The van der Waals surface area contributed by atoms with Gasteiger partial charge in [0, 0.05) is 26.2 Å². The number of carbonyl (C=O) groups excluding carboxylic acids is 1. The second-order valence-electron chi connectivity index (χ2n) is 5.28. The molecule has 1 aromatic carbocycles. The first-order valence-corrected chi connectivity index (χ1v) is 8.98. The van der Waals surface area contributed by atoms with E-state index in [4.69, 9.17) is 11.6 Å². The van der Waals surface area contributed by atoms with Crippen molar-refractivity contribution in [1.29, 1.82) is 0 Å². The van der Waals surface area contributed by atoms with Gasteiger partial charge in [-0.05, 0) is 25.0 Å². The number of nitrogens with one attached hydrogen (secondary N) is 2. The molecule has 1 aromatic rings. The maximum atomic E-state index is 12.4. The summed E-state index contributed by atoms with van der Waals surface area (Å²) in [6.07, 6.45) is 1.33. The Balaban J connectivity index is 1.93. The van der Waals surface area contributed by atoms with Crippen LogP contribution in [0.5, 0.6) is 0 Å². The molecule has 0 unspecified atom stereocenters. The molecule has 8 heteroatoms. The number of likely N-dealkylation sites (N-methyl/N-ethyl adjacent to an activating group) is 1. The minimum Gasteiger partial charge on any atom is -0.358 e. The molecule has 0 aliphatic carbocycles. The molecule has 122 valence electrons. The zero-order chi connectivity index (χ0) is 16.2. The molecule has 1 aliphatic heterocycles. The third-order valence-electron chi connectivity index (χ3n) is 3.68. The fourth-order valence-electron chi connectivity index (χ4n) is 2.44. The molecule has 1 amide bonds. The van der Waals surface area contributed by atoms with Crippen LogP contribution in [0.25, 0.3) is 0 Å². The molecule has 2 N–H and O–H groups in total. The van der Waals surface area contributed by atoms with Crippen LogP contribution < -0.4 is 10.0 Å². The Morgan fingerprint density at radius 2 is 1.95 bits per heavy atom. The summed E-state index contributed by atoms with van der Waals surface area (Å²) in [6.45, 7) is 1.72. The van der Waals surface area contributed by atoms with Crippen molar-refractivity contribution >= 4 is 27.5 Å². The van der Waals surface area contributed by atoms with Gasteiger partial charge in [-0.3, -0.25) is 9.69 Å². The summed E-state index contributed by atoms with van der Waals surface area (Å²) >= 11 is 5.95. The quantitative estimate of drug-likeness (QED) is 0.828. The zero-order valence-corrected chi connectivity index (χ0v) is 14.0. The minimum atomic E-state index is -3.62. The Morgan fingerprint density at radius 3 is 2.55 bits per heavy atom. The van der Waals surface area contributed by atoms with Crippen LogP contribution in [0.15, 0.2) is 29.2 Å². The van der Waals surface area contributed by atoms with Crippen LogP contribution in [0.4, 0.5) is 0 Å². The van der Waals surface area contributed by atoms with Crippen molar-refractivity contribution in [3.63, 3.8) is 0 Å². The van der Waals surface area contributed by atoms with Gasteiger partial charge in [0.1, 0.15) is 4.90 Å². The summed E-state index contributed by atoms with van der Waals surface area (Å²) in [5.41, 5.74) is 0. The molecule has 1 aliphatic rings. The molecular formula is C14H20ClN3O3S. The zero-order valence-electron chi connectivity index (χ0n) is 12.4. The lowest BCUT2D eigenvalue weighted by molar-refractivity contribution is -0.122. The average Bonchev–Trinajstić information content (AvgIpc) is 2.49. The predicted octanol–water partition coefficient (Wildman–Crippen LogP) is 0.829. The lowest BCUT2D eigenvalue weighted by Crippen LogP contribution is -2.47. The third-order valence-corrected chi connectivity index (χ3v) is 5.70. The maximum absolute atomic E-state index is 12.4. The molecule has 6 nitrogen and oxygen atoms in total. The lowest BCUT2D eigenvalue weighted by atomic mass is 10.1. The van der Waals surface area contributed by atoms with Crippen molar-refractivity contribution in [2.75, 3.05) is 26.7 Å². The Labute approximate surface area is 135 Å². The highest BCUT2D eigenvalue weighted by atomic mass is 35.5. The van der Waals surface area contributed by atoms with Gasteiger partial charge in [0.05, 0.1) is 11.6 Å². The van der Waals surface area contributed by atoms with E-state index in [0.717, 1.165) is 0 Å². The SMILES string of the molecule is CNC(=O)CN1CCC(NS(=O)(=O)c2ccccc2Cl)CC1. The lowest BCUT2D eigenvalue weighted by Gasteiger charge is -2.31. The van der Waals surface area contributed by atoms with Gasteiger partial charge < -0.3 is 5.32 Å². The van der Waals surface area contributed by atoms with Gasteiger partial charge in [0.15, 0.2) is 0 Å². The number of carbonyl (C=O) groups is 1. The van der Waals surface area contributed by atoms with E-state index < -0.39 is 10.0 Å². The Bertz CT molecular complexity index is 628. The van der Waals surface area contributed by atoms with Crippen LogP contribution in [0.3, 0.4) is 0 Å². The molecule has 0 bridgehead atoms. The van der Waals surface area contributed by atoms with Crippen molar-refractivity contribution in [2.24, 2.45) is 0 Å². The largest absolute Gasteiger partial charge is 0.358 e. The van der Waals surface area contributed by atoms with E-state index in [1.807, 2.05) is 4.90 Å². The Hall–Kier alpha value is -1.15. The number of hydrogen-bond donors (Lipinski definition) is 2. The number of piperidine rings is 1. The Morgan fingerprint density at radius 1 is 1.32 bits per heavy atom. The molecule has 1 fully saturated rings. The molecule has 1 saturated heterocycles. The molecule has 0 aromatic heterocycles. The van der Waals surface area contributed by atoms with E-state index in [1.54, 1.807) is 25.2 Å². The number of amides is 1. The summed E-state index contributed by atoms with van der Waals surface area (Å²) in [5, 5.41) is 2.80. The molecule has 2 rings (SSSR count). The second-order valence-corrected chi connectivity index (χ2v) is 7.36. The highest BCUT2D eigenvalue weighted by Crippen LogP contribution is 2.21. The topological polar surface area (TPSA) is 78.5 Å². The summed E-state index contributed by atoms with van der Waals surface area (Å²) in [5.74, 6) is -0.0323. The molecule has 22 heavy (non-hydrogen) atoms. The highest BCUT2D eigenvalue weighted by molar-refractivity contribution is 7.89. The maximum Gasteiger partial charge on any atom is 0.242 e. The van der Waals surface area contributed by atoms with Crippen molar-refractivity contribution in [3.05, 3.63) is 29.3 Å². The van der Waals surface area contributed by atoms with Crippen LogP contribution >= 0.6 is 11.6 Å². The first-order chi connectivity index (χ1) is 10.4. The summed E-state index contributed by atoms with van der Waals surface area (Å²) < 4.78 is 27.4. The van der Waals surface area contributed by atoms with E-state index in [9.17, 15) is 13.2 Å². The van der Waals surface area contributed by atoms with Crippen LogP contribution in [0.1, 0.15) is 12.8 Å². The molecule has 1 heterocycles. The van der Waals surface area contributed by atoms with E-state index in [0.29, 0.717) is 32.5 Å². The monoisotopic (exact) mass is 345 g/mol. The van der Waals surface area contributed by atoms with Gasteiger partial charge in [-0.25, -0.2) is 13.1 Å². The minimum absolute atomic E-state index is 0.0323. The smallest absolute Gasteiger partial charge is 0.242 e. The third kappa shape index (κ3) is 4.42. The molecule has 0 radical (unpaired) electrons. The summed E-state index contributed by atoms with van der Waals surface area (Å²) in [7, 11) is -2.01. The number of nitrogens with zero attached hydrogens (tertiary/aromatic N) is 1.